The first-order valence-electron chi connectivity index (χ1n) is 3.95. The highest BCUT2D eigenvalue weighted by Crippen LogP contribution is 2.15. The third-order valence-electron chi connectivity index (χ3n) is 1.64. The van der Waals surface area contributed by atoms with Crippen molar-refractivity contribution in [1.82, 2.24) is 0 Å². The van der Waals surface area contributed by atoms with Crippen molar-refractivity contribution in [2.24, 2.45) is 0 Å². The first-order chi connectivity index (χ1) is 6.01. The van der Waals surface area contributed by atoms with E-state index in [0.29, 0.717) is 6.54 Å². The van der Waals surface area contributed by atoms with Crippen LogP contribution in [0.1, 0.15) is 5.56 Å². The van der Waals surface area contributed by atoms with Crippen molar-refractivity contribution >= 4 is 12.8 Å². The topological polar surface area (TPSA) is 29.5 Å². The summed E-state index contributed by atoms with van der Waals surface area (Å²) in [5.41, 5.74) is 1.01. The Balaban J connectivity index is 2.70. The normalized spacial score (nSPS) is 15.1. The Labute approximate surface area is 83.6 Å². The van der Waals surface area contributed by atoms with E-state index in [1.54, 1.807) is 14.2 Å². The Morgan fingerprint density at radius 1 is 1.38 bits per heavy atom. The Morgan fingerprint density at radius 2 is 1.92 bits per heavy atom. The molecule has 1 aromatic rings. The maximum Gasteiger partial charge on any atom is 0.145 e. The zero-order valence-electron chi connectivity index (χ0n) is 7.77. The number of benzene rings is 1. The minimum atomic E-state index is -0.355. The van der Waals surface area contributed by atoms with Gasteiger partial charge < -0.3 is 4.74 Å². The monoisotopic (exact) mass is 200 g/mol. The number of nitrogens with zero attached hydrogens (tertiary/aromatic N) is 1. The van der Waals surface area contributed by atoms with Crippen molar-refractivity contribution in [3.05, 3.63) is 29.8 Å². The molecule has 0 saturated carbocycles. The first kappa shape index (κ1) is 10.4. The summed E-state index contributed by atoms with van der Waals surface area (Å²) < 4.78 is 4.66. The lowest BCUT2D eigenvalue weighted by Gasteiger charge is -2.16. The summed E-state index contributed by atoms with van der Waals surface area (Å²) in [6.45, 7) is 0.465. The summed E-state index contributed by atoms with van der Waals surface area (Å²) >= 11 is 3.98. The van der Waals surface area contributed by atoms with Crippen LogP contribution in [0.15, 0.2) is 24.3 Å². The number of quaternary nitrogens is 1. The predicted octanol–water partition coefficient (Wildman–Crippen LogP) is 1.88. The number of methoxy groups -OCH3 is 1. The van der Waals surface area contributed by atoms with Gasteiger partial charge in [-0.05, 0) is 24.3 Å². The molecule has 0 aliphatic carbocycles. The predicted molar refractivity (Wildman–Crippen MR) is 53.7 cm³/mol. The fraction of sp³-hybridized carbons (Fsp3) is 0.333. The molecule has 0 spiro atoms. The van der Waals surface area contributed by atoms with Gasteiger partial charge in [-0.2, -0.15) is 0 Å². The van der Waals surface area contributed by atoms with Crippen LogP contribution in [-0.4, -0.2) is 23.4 Å². The Kier molecular flexibility index (Phi) is 3.19. The van der Waals surface area contributed by atoms with E-state index in [4.69, 9.17) is 4.74 Å². The van der Waals surface area contributed by atoms with E-state index in [-0.39, 0.29) is 4.05 Å². The van der Waals surface area contributed by atoms with Gasteiger partial charge in [-0.3, -0.25) is 0 Å². The standard InChI is InChI=1S/C9H14NO2S/c1-10(11,13)7-8-3-5-9(12-2)6-4-8/h3-6,11,13H,7H2,1-2H3/q+1. The lowest BCUT2D eigenvalue weighted by molar-refractivity contribution is -0.985. The fourth-order valence-corrected chi connectivity index (χ4v) is 1.24. The average Bonchev–Trinajstić information content (AvgIpc) is 2.03. The molecular weight excluding hydrogens is 186 g/mol. The van der Waals surface area contributed by atoms with E-state index >= 15 is 0 Å². The maximum absolute atomic E-state index is 9.37. The maximum atomic E-state index is 9.37. The summed E-state index contributed by atoms with van der Waals surface area (Å²) in [4.78, 5) is 0. The first-order valence-corrected chi connectivity index (χ1v) is 4.35. The van der Waals surface area contributed by atoms with Gasteiger partial charge in [0.05, 0.1) is 19.9 Å². The van der Waals surface area contributed by atoms with E-state index in [0.717, 1.165) is 11.3 Å². The third kappa shape index (κ3) is 3.67. The summed E-state index contributed by atoms with van der Waals surface area (Å²) in [6, 6.07) is 7.53. The molecule has 0 aliphatic heterocycles. The number of hydrogen-bond acceptors (Lipinski definition) is 3. The largest absolute Gasteiger partial charge is 0.497 e. The molecule has 4 heteroatoms. The molecule has 1 N–H and O–H groups in total. The molecule has 0 amide bonds. The third-order valence-corrected chi connectivity index (χ3v) is 1.78. The lowest BCUT2D eigenvalue weighted by Crippen LogP contribution is -2.27. The SMILES string of the molecule is COc1ccc(C[N+](C)(O)S)cc1. The van der Waals surface area contributed by atoms with E-state index in [2.05, 4.69) is 12.8 Å². The number of rotatable bonds is 3. The van der Waals surface area contributed by atoms with Crippen molar-refractivity contribution < 1.29 is 14.0 Å². The van der Waals surface area contributed by atoms with Crippen LogP contribution in [0.5, 0.6) is 5.75 Å². The highest BCUT2D eigenvalue weighted by molar-refractivity contribution is 7.74. The van der Waals surface area contributed by atoms with Crippen molar-refractivity contribution in [3.8, 4) is 5.75 Å². The number of hydroxylamine groups is 2. The fourth-order valence-electron chi connectivity index (χ4n) is 1.08. The summed E-state index contributed by atoms with van der Waals surface area (Å²) in [7, 11) is 3.23. The molecule has 1 atom stereocenters. The molecule has 72 valence electrons. The van der Waals surface area contributed by atoms with Gasteiger partial charge in [0.15, 0.2) is 0 Å². The summed E-state index contributed by atoms with van der Waals surface area (Å²) in [5, 5.41) is 9.37. The van der Waals surface area contributed by atoms with Gasteiger partial charge in [-0.25, -0.2) is 5.21 Å². The Hall–Kier alpha value is -0.710. The van der Waals surface area contributed by atoms with Crippen LogP contribution < -0.4 is 4.74 Å². The van der Waals surface area contributed by atoms with Crippen LogP contribution in [0.3, 0.4) is 0 Å². The highest BCUT2D eigenvalue weighted by Gasteiger charge is 2.13. The van der Waals surface area contributed by atoms with Crippen LogP contribution in [-0.2, 0) is 6.54 Å². The van der Waals surface area contributed by atoms with Crippen molar-refractivity contribution in [1.29, 1.82) is 0 Å². The molecule has 1 aromatic carbocycles. The molecule has 1 unspecified atom stereocenters. The molecule has 0 fully saturated rings. The van der Waals surface area contributed by atoms with Crippen LogP contribution in [0.25, 0.3) is 0 Å². The lowest BCUT2D eigenvalue weighted by atomic mass is 10.2. The smallest absolute Gasteiger partial charge is 0.145 e. The van der Waals surface area contributed by atoms with Gasteiger partial charge in [-0.15, -0.1) is 4.05 Å². The van der Waals surface area contributed by atoms with Gasteiger partial charge in [0.25, 0.3) is 0 Å². The zero-order valence-corrected chi connectivity index (χ0v) is 8.66. The van der Waals surface area contributed by atoms with Gasteiger partial charge >= 0.3 is 0 Å². The van der Waals surface area contributed by atoms with Gasteiger partial charge in [0.1, 0.15) is 19.3 Å². The molecule has 0 heterocycles. The summed E-state index contributed by atoms with van der Waals surface area (Å²) in [5.74, 6) is 0.815. The number of thiol groups is 1. The summed E-state index contributed by atoms with van der Waals surface area (Å²) in [6.07, 6.45) is 0. The highest BCUT2D eigenvalue weighted by atomic mass is 32.1. The molecule has 0 aromatic heterocycles. The van der Waals surface area contributed by atoms with Gasteiger partial charge in [-0.1, -0.05) is 0 Å². The second-order valence-electron chi connectivity index (χ2n) is 3.09. The molecule has 0 saturated heterocycles. The van der Waals surface area contributed by atoms with Gasteiger partial charge in [0, 0.05) is 5.56 Å². The van der Waals surface area contributed by atoms with E-state index in [1.807, 2.05) is 24.3 Å². The van der Waals surface area contributed by atoms with Crippen LogP contribution in [0.4, 0.5) is 0 Å². The Morgan fingerprint density at radius 3 is 2.31 bits per heavy atom. The zero-order chi connectivity index (χ0) is 9.90. The van der Waals surface area contributed by atoms with E-state index in [9.17, 15) is 5.21 Å². The van der Waals surface area contributed by atoms with Crippen molar-refractivity contribution in [2.75, 3.05) is 14.2 Å². The average molecular weight is 200 g/mol. The molecule has 3 nitrogen and oxygen atoms in total. The molecule has 0 bridgehead atoms. The van der Waals surface area contributed by atoms with E-state index in [1.165, 1.54) is 0 Å². The molecule has 13 heavy (non-hydrogen) atoms. The quantitative estimate of drug-likeness (QED) is 0.443. The van der Waals surface area contributed by atoms with Crippen molar-refractivity contribution in [3.63, 3.8) is 0 Å². The van der Waals surface area contributed by atoms with E-state index < -0.39 is 0 Å². The second kappa shape index (κ2) is 4.00. The molecule has 0 aliphatic rings. The van der Waals surface area contributed by atoms with Crippen molar-refractivity contribution in [2.45, 2.75) is 6.54 Å². The second-order valence-corrected chi connectivity index (χ2v) is 3.96. The van der Waals surface area contributed by atoms with Crippen LogP contribution in [0.2, 0.25) is 0 Å². The number of hydrogen-bond donors (Lipinski definition) is 2. The van der Waals surface area contributed by atoms with Crippen LogP contribution in [0, 0.1) is 0 Å². The number of ether oxygens (including phenoxy) is 1. The molecule has 1 rings (SSSR count). The van der Waals surface area contributed by atoms with Crippen LogP contribution >= 0.6 is 12.8 Å². The molecular formula is C9H14NO2S+. The molecule has 0 radical (unpaired) electrons. The minimum Gasteiger partial charge on any atom is -0.497 e. The Bertz CT molecular complexity index is 266. The van der Waals surface area contributed by atoms with Gasteiger partial charge in [0.2, 0.25) is 0 Å². The minimum absolute atomic E-state index is 0.355.